The number of fused-ring (bicyclic) bond motifs is 1. The monoisotopic (exact) mass is 402 g/mol. The quantitative estimate of drug-likeness (QED) is 0.619. The summed E-state index contributed by atoms with van der Waals surface area (Å²) in [5.41, 5.74) is 0.753. The Bertz CT molecular complexity index is 1080. The predicted molar refractivity (Wildman–Crippen MR) is 94.9 cm³/mol. The molecule has 0 radical (unpaired) electrons. The van der Waals surface area contributed by atoms with Crippen molar-refractivity contribution in [3.05, 3.63) is 75.5 Å². The van der Waals surface area contributed by atoms with E-state index in [1.807, 2.05) is 0 Å². The molecule has 2 aromatic carbocycles. The van der Waals surface area contributed by atoms with Crippen LogP contribution in [0.25, 0.3) is 10.6 Å². The molecule has 2 heterocycles. The number of nitrogens with zero attached hydrogens (tertiary/aromatic N) is 2. The topological polar surface area (TPSA) is 76.6 Å². The van der Waals surface area contributed by atoms with Gasteiger partial charge in [0.2, 0.25) is 0 Å². The fourth-order valence-corrected chi connectivity index (χ4v) is 3.48. The van der Waals surface area contributed by atoms with Gasteiger partial charge in [0.15, 0.2) is 5.69 Å². The minimum Gasteiger partial charge on any atom is -0.322 e. The molecule has 4 rings (SSSR count). The molecular weight excluding hydrogens is 395 g/mol. The number of hydrogen-bond donors (Lipinski definition) is 0. The fraction of sp³-hybridized carbons (Fsp3) is 0. The van der Waals surface area contributed by atoms with Gasteiger partial charge in [-0.15, -0.1) is 11.3 Å². The summed E-state index contributed by atoms with van der Waals surface area (Å²) in [6, 6.07) is 10.2. The molecule has 1 aliphatic rings. The van der Waals surface area contributed by atoms with E-state index in [0.29, 0.717) is 15.6 Å². The molecule has 0 fully saturated rings. The van der Waals surface area contributed by atoms with Gasteiger partial charge in [-0.1, -0.05) is 28.8 Å². The third-order valence-corrected chi connectivity index (χ3v) is 4.99. The summed E-state index contributed by atoms with van der Waals surface area (Å²) in [5.74, 6) is -2.96. The van der Waals surface area contributed by atoms with E-state index in [9.17, 15) is 18.8 Å². The minimum absolute atomic E-state index is 0.0714. The van der Waals surface area contributed by atoms with Crippen LogP contribution in [0, 0.1) is 5.82 Å². The zero-order chi connectivity index (χ0) is 19.1. The van der Waals surface area contributed by atoms with Crippen molar-refractivity contribution >= 4 is 40.7 Å². The number of hydrogen-bond acceptors (Lipinski definition) is 6. The highest BCUT2D eigenvalue weighted by molar-refractivity contribution is 7.13. The highest BCUT2D eigenvalue weighted by Gasteiger charge is 2.39. The van der Waals surface area contributed by atoms with E-state index in [0.717, 1.165) is 11.3 Å². The maximum absolute atomic E-state index is 13.3. The minimum atomic E-state index is -0.958. The molecule has 3 aromatic rings. The molecule has 0 saturated carbocycles. The SMILES string of the molecule is O=C(ON1C(=O)c2ccccc2C1=O)c1csc(-c2ccc(F)c(Cl)c2)n1. The average Bonchev–Trinajstić information content (AvgIpc) is 3.25. The average molecular weight is 403 g/mol. The van der Waals surface area contributed by atoms with E-state index in [1.165, 1.54) is 35.7 Å². The summed E-state index contributed by atoms with van der Waals surface area (Å²) in [6.07, 6.45) is 0. The van der Waals surface area contributed by atoms with Crippen LogP contribution in [0.15, 0.2) is 47.8 Å². The summed E-state index contributed by atoms with van der Waals surface area (Å²) in [6.45, 7) is 0. The van der Waals surface area contributed by atoms with E-state index in [-0.39, 0.29) is 21.8 Å². The van der Waals surface area contributed by atoms with Gasteiger partial charge in [-0.3, -0.25) is 9.59 Å². The largest absolute Gasteiger partial charge is 0.383 e. The summed E-state index contributed by atoms with van der Waals surface area (Å²) in [5, 5.41) is 2.16. The second-order valence-corrected chi connectivity index (χ2v) is 6.76. The van der Waals surface area contributed by atoms with Crippen LogP contribution in [0.4, 0.5) is 4.39 Å². The van der Waals surface area contributed by atoms with Gasteiger partial charge in [-0.05, 0) is 30.3 Å². The van der Waals surface area contributed by atoms with Gasteiger partial charge in [0.25, 0.3) is 11.8 Å². The molecule has 9 heteroatoms. The number of amides is 2. The molecule has 0 spiro atoms. The molecule has 6 nitrogen and oxygen atoms in total. The molecule has 0 aliphatic carbocycles. The van der Waals surface area contributed by atoms with Gasteiger partial charge in [-0.25, -0.2) is 14.2 Å². The van der Waals surface area contributed by atoms with Crippen molar-refractivity contribution in [3.63, 3.8) is 0 Å². The summed E-state index contributed by atoms with van der Waals surface area (Å²) in [7, 11) is 0. The molecule has 1 aromatic heterocycles. The first-order chi connectivity index (χ1) is 13.0. The molecule has 134 valence electrons. The number of halogens is 2. The lowest BCUT2D eigenvalue weighted by molar-refractivity contribution is -0.0587. The third-order valence-electron chi connectivity index (χ3n) is 3.81. The van der Waals surface area contributed by atoms with Crippen LogP contribution in [0.1, 0.15) is 31.2 Å². The summed E-state index contributed by atoms with van der Waals surface area (Å²) >= 11 is 6.86. The van der Waals surface area contributed by atoms with Crippen molar-refractivity contribution in [2.24, 2.45) is 0 Å². The molecule has 0 unspecified atom stereocenters. The predicted octanol–water partition coefficient (Wildman–Crippen LogP) is 3.97. The van der Waals surface area contributed by atoms with Crippen molar-refractivity contribution < 1.29 is 23.6 Å². The molecule has 2 amide bonds. The number of imide groups is 1. The van der Waals surface area contributed by atoms with Crippen molar-refractivity contribution in [2.75, 3.05) is 0 Å². The van der Waals surface area contributed by atoms with Crippen molar-refractivity contribution in [1.29, 1.82) is 0 Å². The number of carbonyl (C=O) groups is 3. The lowest BCUT2D eigenvalue weighted by Gasteiger charge is -2.11. The van der Waals surface area contributed by atoms with E-state index in [2.05, 4.69) is 4.98 Å². The Balaban J connectivity index is 1.55. The number of rotatable bonds is 3. The molecular formula is C18H8ClFN2O4S. The van der Waals surface area contributed by atoms with E-state index in [1.54, 1.807) is 12.1 Å². The van der Waals surface area contributed by atoms with Gasteiger partial charge >= 0.3 is 5.97 Å². The smallest absolute Gasteiger partial charge is 0.322 e. The summed E-state index contributed by atoms with van der Waals surface area (Å²) in [4.78, 5) is 45.8. The molecule has 27 heavy (non-hydrogen) atoms. The van der Waals surface area contributed by atoms with E-state index in [4.69, 9.17) is 16.4 Å². The van der Waals surface area contributed by atoms with Gasteiger partial charge < -0.3 is 4.84 Å². The fourth-order valence-electron chi connectivity index (χ4n) is 2.51. The zero-order valence-electron chi connectivity index (χ0n) is 13.3. The molecule has 0 bridgehead atoms. The first-order valence-corrected chi connectivity index (χ1v) is 8.82. The van der Waals surface area contributed by atoms with Gasteiger partial charge in [0, 0.05) is 10.9 Å². The van der Waals surface area contributed by atoms with Crippen molar-refractivity contribution in [2.45, 2.75) is 0 Å². The molecule has 0 N–H and O–H groups in total. The highest BCUT2D eigenvalue weighted by atomic mass is 35.5. The normalized spacial score (nSPS) is 13.0. The van der Waals surface area contributed by atoms with Crippen LogP contribution in [0.2, 0.25) is 5.02 Å². The Labute approximate surface area is 160 Å². The maximum atomic E-state index is 13.3. The van der Waals surface area contributed by atoms with Crippen LogP contribution in [-0.4, -0.2) is 27.8 Å². The van der Waals surface area contributed by atoms with Crippen LogP contribution >= 0.6 is 22.9 Å². The maximum Gasteiger partial charge on any atom is 0.383 e. The Morgan fingerprint density at radius 1 is 1.11 bits per heavy atom. The first-order valence-electron chi connectivity index (χ1n) is 7.57. The first kappa shape index (κ1) is 17.3. The van der Waals surface area contributed by atoms with Crippen LogP contribution in [0.5, 0.6) is 0 Å². The number of aromatic nitrogens is 1. The lowest BCUT2D eigenvalue weighted by atomic mass is 10.1. The lowest BCUT2D eigenvalue weighted by Crippen LogP contribution is -2.32. The molecule has 0 saturated heterocycles. The van der Waals surface area contributed by atoms with Gasteiger partial charge in [0.1, 0.15) is 10.8 Å². The Morgan fingerprint density at radius 3 is 2.41 bits per heavy atom. The van der Waals surface area contributed by atoms with Crippen LogP contribution in [-0.2, 0) is 4.84 Å². The Morgan fingerprint density at radius 2 is 1.78 bits per heavy atom. The standard InChI is InChI=1S/C18H8ClFN2O4S/c19-12-7-9(5-6-13(12)20)15-21-14(8-27-15)18(25)26-22-16(23)10-3-1-2-4-11(10)17(22)24/h1-8H. The zero-order valence-corrected chi connectivity index (χ0v) is 14.9. The second-order valence-electron chi connectivity index (χ2n) is 5.50. The number of carbonyl (C=O) groups excluding carboxylic acids is 3. The Kier molecular flexibility index (Phi) is 4.21. The number of hydroxylamine groups is 2. The van der Waals surface area contributed by atoms with Gasteiger partial charge in [-0.2, -0.15) is 0 Å². The second kappa shape index (κ2) is 6.57. The van der Waals surface area contributed by atoms with Gasteiger partial charge in [0.05, 0.1) is 16.1 Å². The van der Waals surface area contributed by atoms with Crippen molar-refractivity contribution in [3.8, 4) is 10.6 Å². The van der Waals surface area contributed by atoms with E-state index >= 15 is 0 Å². The van der Waals surface area contributed by atoms with Crippen LogP contribution < -0.4 is 0 Å². The Hall–Kier alpha value is -3.10. The number of thiazole rings is 1. The van der Waals surface area contributed by atoms with Crippen molar-refractivity contribution in [1.82, 2.24) is 10.0 Å². The third kappa shape index (κ3) is 2.98. The van der Waals surface area contributed by atoms with E-state index < -0.39 is 23.6 Å². The highest BCUT2D eigenvalue weighted by Crippen LogP contribution is 2.28. The van der Waals surface area contributed by atoms with Crippen LogP contribution in [0.3, 0.4) is 0 Å². The number of benzene rings is 2. The molecule has 0 atom stereocenters. The molecule has 1 aliphatic heterocycles. The summed E-state index contributed by atoms with van der Waals surface area (Å²) < 4.78 is 13.3.